The number of hydrogen-bond donors (Lipinski definition) is 1. The van der Waals surface area contributed by atoms with E-state index in [-0.39, 0.29) is 24.4 Å². The van der Waals surface area contributed by atoms with Gasteiger partial charge < -0.3 is 5.32 Å². The Morgan fingerprint density at radius 1 is 1.32 bits per heavy atom. The third kappa shape index (κ3) is 3.28. The van der Waals surface area contributed by atoms with Crippen LogP contribution in [0.15, 0.2) is 40.8 Å². The van der Waals surface area contributed by atoms with E-state index in [4.69, 9.17) is 11.6 Å². The molecule has 25 heavy (non-hydrogen) atoms. The molecule has 0 saturated carbocycles. The van der Waals surface area contributed by atoms with Crippen LogP contribution < -0.4 is 10.9 Å². The average molecular weight is 391 g/mol. The molecule has 1 aromatic carbocycles. The zero-order valence-electron chi connectivity index (χ0n) is 12.7. The van der Waals surface area contributed by atoms with E-state index in [1.165, 1.54) is 33.6 Å². The molecule has 9 heteroatoms. The molecule has 0 bridgehead atoms. The van der Waals surface area contributed by atoms with Gasteiger partial charge in [-0.1, -0.05) is 22.9 Å². The van der Waals surface area contributed by atoms with Gasteiger partial charge in [0.05, 0.1) is 21.9 Å². The predicted octanol–water partition coefficient (Wildman–Crippen LogP) is 3.75. The van der Waals surface area contributed by atoms with E-state index >= 15 is 0 Å². The van der Waals surface area contributed by atoms with Crippen LogP contribution in [0.5, 0.6) is 0 Å². The van der Waals surface area contributed by atoms with Crippen LogP contribution in [-0.2, 0) is 11.3 Å². The summed E-state index contributed by atoms with van der Waals surface area (Å²) in [7, 11) is 0. The fraction of sp³-hybridized carbons (Fsp3) is 0.125. The summed E-state index contributed by atoms with van der Waals surface area (Å²) in [5.41, 5.74) is 0.654. The van der Waals surface area contributed by atoms with Crippen molar-refractivity contribution in [3.63, 3.8) is 0 Å². The molecule has 0 aliphatic carbocycles. The molecule has 1 N–H and O–H groups in total. The minimum atomic E-state index is -0.206. The Morgan fingerprint density at radius 3 is 3.08 bits per heavy atom. The fourth-order valence-electron chi connectivity index (χ4n) is 2.41. The van der Waals surface area contributed by atoms with Gasteiger partial charge in [-0.25, -0.2) is 9.97 Å². The lowest BCUT2D eigenvalue weighted by Gasteiger charge is -2.05. The number of thiophene rings is 1. The number of aryl methyl sites for hydroxylation is 1. The van der Waals surface area contributed by atoms with Crippen molar-refractivity contribution in [2.24, 2.45) is 0 Å². The molecule has 6 nitrogen and oxygen atoms in total. The Morgan fingerprint density at radius 2 is 2.20 bits per heavy atom. The largest absolute Gasteiger partial charge is 0.302 e. The molecule has 3 aromatic heterocycles. The summed E-state index contributed by atoms with van der Waals surface area (Å²) in [6, 6.07) is 7.13. The molecule has 0 unspecified atom stereocenters. The van der Waals surface area contributed by atoms with Crippen LogP contribution in [0.25, 0.3) is 20.4 Å². The molecule has 3 heterocycles. The van der Waals surface area contributed by atoms with Crippen molar-refractivity contribution in [1.82, 2.24) is 14.5 Å². The number of hydrogen-bond acceptors (Lipinski definition) is 6. The van der Waals surface area contributed by atoms with Gasteiger partial charge in [0, 0.05) is 18.0 Å². The summed E-state index contributed by atoms with van der Waals surface area (Å²) in [6.07, 6.45) is 1.64. The number of thiazole rings is 1. The lowest BCUT2D eigenvalue weighted by atomic mass is 10.3. The number of nitrogens with one attached hydrogen (secondary N) is 1. The average Bonchev–Trinajstić information content (AvgIpc) is 3.20. The molecular formula is C16H11ClN4O2S2. The fourth-order valence-corrected chi connectivity index (χ4v) is 4.29. The standard InChI is InChI=1S/C16H11ClN4O2S2/c17-9-1-2-11-12(7-9)25-16(19-11)20-13(22)3-5-21-8-18-14-10(15(21)23)4-6-24-14/h1-2,4,6-8H,3,5H2,(H,19,20,22). The summed E-state index contributed by atoms with van der Waals surface area (Å²) in [4.78, 5) is 33.7. The Hall–Kier alpha value is -2.29. The Kier molecular flexibility index (Phi) is 4.24. The number of halogens is 1. The molecule has 0 fully saturated rings. The second-order valence-corrected chi connectivity index (χ2v) is 7.67. The normalized spacial score (nSPS) is 11.2. The molecule has 0 radical (unpaired) electrons. The van der Waals surface area contributed by atoms with Crippen molar-refractivity contribution in [2.45, 2.75) is 13.0 Å². The zero-order chi connectivity index (χ0) is 17.4. The van der Waals surface area contributed by atoms with Crippen LogP contribution >= 0.6 is 34.3 Å². The summed E-state index contributed by atoms with van der Waals surface area (Å²) in [5, 5.41) is 6.32. The van der Waals surface area contributed by atoms with Crippen LogP contribution in [-0.4, -0.2) is 20.4 Å². The Bertz CT molecular complexity index is 1150. The second-order valence-electron chi connectivity index (χ2n) is 5.31. The quantitative estimate of drug-likeness (QED) is 0.575. The number of benzene rings is 1. The van der Waals surface area contributed by atoms with Gasteiger partial charge in [0.25, 0.3) is 5.56 Å². The lowest BCUT2D eigenvalue weighted by Crippen LogP contribution is -2.23. The zero-order valence-corrected chi connectivity index (χ0v) is 15.1. The van der Waals surface area contributed by atoms with E-state index in [0.717, 1.165) is 10.2 Å². The van der Waals surface area contributed by atoms with Crippen LogP contribution in [0.1, 0.15) is 6.42 Å². The lowest BCUT2D eigenvalue weighted by molar-refractivity contribution is -0.116. The van der Waals surface area contributed by atoms with E-state index in [1.54, 1.807) is 12.1 Å². The molecule has 126 valence electrons. The van der Waals surface area contributed by atoms with E-state index in [1.807, 2.05) is 17.5 Å². The molecular weight excluding hydrogens is 380 g/mol. The van der Waals surface area contributed by atoms with Crippen molar-refractivity contribution in [1.29, 1.82) is 0 Å². The van der Waals surface area contributed by atoms with Crippen molar-refractivity contribution in [3.8, 4) is 0 Å². The van der Waals surface area contributed by atoms with Gasteiger partial charge in [-0.15, -0.1) is 11.3 Å². The van der Waals surface area contributed by atoms with Gasteiger partial charge in [-0.2, -0.15) is 0 Å². The molecule has 1 amide bonds. The first-order valence-electron chi connectivity index (χ1n) is 7.39. The third-order valence-electron chi connectivity index (χ3n) is 3.63. The monoisotopic (exact) mass is 390 g/mol. The second kappa shape index (κ2) is 6.55. The first-order valence-corrected chi connectivity index (χ1v) is 9.46. The number of amides is 1. The minimum Gasteiger partial charge on any atom is -0.302 e. The number of aromatic nitrogens is 3. The number of carbonyl (C=O) groups is 1. The summed E-state index contributed by atoms with van der Waals surface area (Å²) >= 11 is 8.73. The molecule has 0 spiro atoms. The summed E-state index contributed by atoms with van der Waals surface area (Å²) in [6.45, 7) is 0.264. The number of rotatable bonds is 4. The van der Waals surface area contributed by atoms with E-state index in [9.17, 15) is 9.59 Å². The summed E-state index contributed by atoms with van der Waals surface area (Å²) < 4.78 is 2.36. The SMILES string of the molecule is O=C(CCn1cnc2sccc2c1=O)Nc1nc2ccc(Cl)cc2s1. The van der Waals surface area contributed by atoms with Gasteiger partial charge in [-0.3, -0.25) is 14.2 Å². The predicted molar refractivity (Wildman–Crippen MR) is 102 cm³/mol. The van der Waals surface area contributed by atoms with Crippen molar-refractivity contribution in [3.05, 3.63) is 51.3 Å². The molecule has 0 saturated heterocycles. The van der Waals surface area contributed by atoms with Crippen LogP contribution in [0, 0.1) is 0 Å². The highest BCUT2D eigenvalue weighted by molar-refractivity contribution is 7.22. The molecule has 4 rings (SSSR count). The van der Waals surface area contributed by atoms with Gasteiger partial charge in [0.15, 0.2) is 5.13 Å². The summed E-state index contributed by atoms with van der Waals surface area (Å²) in [5.74, 6) is -0.206. The van der Waals surface area contributed by atoms with Gasteiger partial charge in [0.2, 0.25) is 5.91 Å². The topological polar surface area (TPSA) is 76.9 Å². The minimum absolute atomic E-state index is 0.131. The van der Waals surface area contributed by atoms with Gasteiger partial charge in [0.1, 0.15) is 4.83 Å². The van der Waals surface area contributed by atoms with Crippen molar-refractivity contribution < 1.29 is 4.79 Å². The maximum absolute atomic E-state index is 12.3. The van der Waals surface area contributed by atoms with Gasteiger partial charge in [-0.05, 0) is 29.6 Å². The van der Waals surface area contributed by atoms with Crippen molar-refractivity contribution >= 4 is 65.7 Å². The van der Waals surface area contributed by atoms with Crippen LogP contribution in [0.4, 0.5) is 5.13 Å². The maximum Gasteiger partial charge on any atom is 0.262 e. The van der Waals surface area contributed by atoms with E-state index < -0.39 is 0 Å². The number of nitrogens with zero attached hydrogens (tertiary/aromatic N) is 3. The molecule has 4 aromatic rings. The van der Waals surface area contributed by atoms with Gasteiger partial charge >= 0.3 is 0 Å². The number of carbonyl (C=O) groups excluding carboxylic acids is 1. The van der Waals surface area contributed by atoms with E-state index in [0.29, 0.717) is 20.4 Å². The smallest absolute Gasteiger partial charge is 0.262 e. The van der Waals surface area contributed by atoms with Crippen molar-refractivity contribution in [2.75, 3.05) is 5.32 Å². The van der Waals surface area contributed by atoms with E-state index in [2.05, 4.69) is 15.3 Å². The first-order chi connectivity index (χ1) is 12.1. The van der Waals surface area contributed by atoms with Crippen LogP contribution in [0.2, 0.25) is 5.02 Å². The van der Waals surface area contributed by atoms with Crippen LogP contribution in [0.3, 0.4) is 0 Å². The highest BCUT2D eigenvalue weighted by atomic mass is 35.5. The third-order valence-corrected chi connectivity index (χ3v) is 5.62. The number of fused-ring (bicyclic) bond motifs is 2. The molecule has 0 atom stereocenters. The molecule has 0 aliphatic heterocycles. The Balaban J connectivity index is 1.45. The first kappa shape index (κ1) is 16.2. The highest BCUT2D eigenvalue weighted by Gasteiger charge is 2.10. The molecule has 0 aliphatic rings. The number of anilines is 1. The maximum atomic E-state index is 12.3. The highest BCUT2D eigenvalue weighted by Crippen LogP contribution is 2.28. The Labute approximate surface area is 154 Å².